The van der Waals surface area contributed by atoms with E-state index in [4.69, 9.17) is 0 Å². The number of likely N-dealkylation sites (tertiary alicyclic amines) is 1. The molecule has 5 amide bonds. The summed E-state index contributed by atoms with van der Waals surface area (Å²) in [7, 11) is 2.16. The first-order valence-corrected chi connectivity index (χ1v) is 18.9. The van der Waals surface area contributed by atoms with E-state index >= 15 is 0 Å². The largest absolute Gasteiger partial charge is 0.371 e. The molecule has 0 spiro atoms. The van der Waals surface area contributed by atoms with Crippen LogP contribution in [0.15, 0.2) is 60.8 Å². The number of carbonyl (C=O) groups is 5. The first-order chi connectivity index (χ1) is 26.2. The number of nitrogens with zero attached hydrogens (tertiary/aromatic N) is 6. The molecule has 2 aromatic heterocycles. The number of H-pyrrole nitrogens is 1. The molecule has 3 N–H and O–H groups in total. The smallest absolute Gasteiger partial charge is 0.262 e. The Morgan fingerprint density at radius 1 is 0.833 bits per heavy atom. The van der Waals surface area contributed by atoms with Crippen LogP contribution in [0.2, 0.25) is 0 Å². The zero-order valence-electron chi connectivity index (χ0n) is 30.2. The first kappa shape index (κ1) is 34.2. The minimum atomic E-state index is -0.970. The van der Waals surface area contributed by atoms with Gasteiger partial charge in [0.1, 0.15) is 11.9 Å². The zero-order chi connectivity index (χ0) is 37.1. The molecule has 7 heterocycles. The Morgan fingerprint density at radius 3 is 2.33 bits per heavy atom. The van der Waals surface area contributed by atoms with E-state index in [1.165, 1.54) is 12.1 Å². The molecule has 54 heavy (non-hydrogen) atoms. The van der Waals surface area contributed by atoms with Crippen molar-refractivity contribution < 1.29 is 24.0 Å². The number of piperidine rings is 1. The van der Waals surface area contributed by atoms with Gasteiger partial charge in [-0.1, -0.05) is 0 Å². The lowest BCUT2D eigenvalue weighted by Crippen LogP contribution is -2.55. The van der Waals surface area contributed by atoms with Crippen LogP contribution in [0.3, 0.4) is 0 Å². The fourth-order valence-corrected chi connectivity index (χ4v) is 8.72. The number of hydrogen-bond donors (Lipinski definition) is 3. The number of piperazine rings is 1. The summed E-state index contributed by atoms with van der Waals surface area (Å²) in [4.78, 5) is 81.9. The summed E-state index contributed by atoms with van der Waals surface area (Å²) < 4.78 is 0. The van der Waals surface area contributed by atoms with Crippen molar-refractivity contribution in [1.82, 2.24) is 30.0 Å². The number of fused-ring (bicyclic) bond motifs is 2. The van der Waals surface area contributed by atoms with E-state index in [-0.39, 0.29) is 18.7 Å². The Labute approximate surface area is 312 Å². The van der Waals surface area contributed by atoms with Gasteiger partial charge in [0.25, 0.3) is 17.7 Å². The number of carbonyl (C=O) groups excluding carboxylic acids is 5. The van der Waals surface area contributed by atoms with E-state index in [0.717, 1.165) is 86.0 Å². The summed E-state index contributed by atoms with van der Waals surface area (Å²) in [6, 6.07) is 16.6. The van der Waals surface area contributed by atoms with Gasteiger partial charge in [-0.25, -0.2) is 4.98 Å². The van der Waals surface area contributed by atoms with Crippen molar-refractivity contribution in [2.45, 2.75) is 37.8 Å². The van der Waals surface area contributed by atoms with E-state index in [2.05, 4.69) is 53.3 Å². The summed E-state index contributed by atoms with van der Waals surface area (Å²) in [5, 5.41) is 6.24. The number of aromatic amines is 1. The molecule has 278 valence electrons. The summed E-state index contributed by atoms with van der Waals surface area (Å²) in [6.07, 6.45) is 4.38. The van der Waals surface area contributed by atoms with Crippen LogP contribution in [0, 0.1) is 5.92 Å². The number of amides is 5. The van der Waals surface area contributed by atoms with Crippen LogP contribution in [0.4, 0.5) is 17.2 Å². The molecule has 0 aliphatic carbocycles. The predicted molar refractivity (Wildman–Crippen MR) is 203 cm³/mol. The molecular weight excluding hydrogens is 686 g/mol. The Kier molecular flexibility index (Phi) is 8.65. The molecule has 0 saturated carbocycles. The van der Waals surface area contributed by atoms with Gasteiger partial charge in [-0.15, -0.1) is 0 Å². The number of anilines is 3. The Morgan fingerprint density at radius 2 is 1.59 bits per heavy atom. The molecule has 0 bridgehead atoms. The number of nitrogens with one attached hydrogen (secondary N) is 3. The number of hydrogen-bond acceptors (Lipinski definition) is 10. The first-order valence-electron chi connectivity index (χ1n) is 18.9. The number of benzene rings is 2. The quantitative estimate of drug-likeness (QED) is 0.231. The van der Waals surface area contributed by atoms with Gasteiger partial charge in [0.05, 0.1) is 16.6 Å². The van der Waals surface area contributed by atoms with Gasteiger partial charge in [-0.3, -0.25) is 44.0 Å². The highest BCUT2D eigenvalue weighted by Crippen LogP contribution is 2.33. The van der Waals surface area contributed by atoms with Gasteiger partial charge >= 0.3 is 0 Å². The van der Waals surface area contributed by atoms with Crippen LogP contribution in [-0.4, -0.2) is 120 Å². The fourth-order valence-electron chi connectivity index (χ4n) is 8.72. The lowest BCUT2D eigenvalue weighted by atomic mass is 9.97. The predicted octanol–water partition coefficient (Wildman–Crippen LogP) is 3.24. The highest BCUT2D eigenvalue weighted by atomic mass is 16.2. The van der Waals surface area contributed by atoms with Gasteiger partial charge in [0, 0.05) is 104 Å². The van der Waals surface area contributed by atoms with Gasteiger partial charge in [0.15, 0.2) is 0 Å². The molecule has 14 heteroatoms. The molecule has 4 fully saturated rings. The highest BCUT2D eigenvalue weighted by molar-refractivity contribution is 6.23. The summed E-state index contributed by atoms with van der Waals surface area (Å²) in [6.45, 7) is 7.37. The van der Waals surface area contributed by atoms with Crippen molar-refractivity contribution in [3.63, 3.8) is 0 Å². The molecule has 1 unspecified atom stereocenters. The van der Waals surface area contributed by atoms with Crippen molar-refractivity contribution in [2.24, 2.45) is 5.92 Å². The Bertz CT molecular complexity index is 2170. The maximum absolute atomic E-state index is 13.3. The fraction of sp³-hybridized carbons (Fsp3) is 0.400. The standard InChI is InChI=1S/C40H43N9O5/c1-45-12-2-3-33(45)32-17-26-20-41-35(19-31(26)42-32)43-37(51)25-4-6-27(7-5-25)48-22-24(23-48)21-46-13-15-47(16-14-46)28-8-9-29-30(18-28)40(54)49(39(29)53)34-10-11-36(50)44-38(34)52/h4-9,17-20,24,33-34,42H,2-3,10-16,21-23H2,1H3,(H,41,43,51)(H,44,50,52)/t33-,34?/m1/s1. The maximum atomic E-state index is 13.3. The molecule has 2 atom stereocenters. The van der Waals surface area contributed by atoms with Crippen LogP contribution in [0.1, 0.15) is 68.5 Å². The van der Waals surface area contributed by atoms with Crippen molar-refractivity contribution in [3.8, 4) is 0 Å². The molecule has 5 aliphatic rings. The Hall–Kier alpha value is -5.60. The second-order valence-electron chi connectivity index (χ2n) is 15.3. The normalized spacial score (nSPS) is 22.6. The molecule has 2 aromatic carbocycles. The van der Waals surface area contributed by atoms with E-state index in [1.807, 2.05) is 42.6 Å². The van der Waals surface area contributed by atoms with E-state index in [0.29, 0.717) is 34.5 Å². The van der Waals surface area contributed by atoms with Crippen LogP contribution in [0.5, 0.6) is 0 Å². The minimum Gasteiger partial charge on any atom is -0.371 e. The lowest BCUT2D eigenvalue weighted by Gasteiger charge is -2.45. The van der Waals surface area contributed by atoms with Crippen LogP contribution >= 0.6 is 0 Å². The molecule has 9 rings (SSSR count). The SMILES string of the molecule is CN1CCC[C@@H]1c1cc2cnc(NC(=O)c3ccc(N4CC(CN5CCN(c6ccc7c(c6)C(=O)N(C6CCC(=O)NC6=O)C7=O)CC5)C4)cc3)cc2[nH]1. The minimum absolute atomic E-state index is 0.0942. The molecule has 14 nitrogen and oxygen atoms in total. The third-order valence-electron chi connectivity index (χ3n) is 11.8. The van der Waals surface area contributed by atoms with Crippen molar-refractivity contribution in [1.29, 1.82) is 0 Å². The number of pyridine rings is 1. The monoisotopic (exact) mass is 729 g/mol. The van der Waals surface area contributed by atoms with Gasteiger partial charge < -0.3 is 20.1 Å². The zero-order valence-corrected chi connectivity index (χ0v) is 30.2. The number of rotatable bonds is 8. The van der Waals surface area contributed by atoms with Crippen molar-refractivity contribution >= 4 is 57.6 Å². The molecule has 4 saturated heterocycles. The lowest BCUT2D eigenvalue weighted by molar-refractivity contribution is -0.136. The second kappa shape index (κ2) is 13.7. The second-order valence-corrected chi connectivity index (χ2v) is 15.3. The third kappa shape index (κ3) is 6.28. The highest BCUT2D eigenvalue weighted by Gasteiger charge is 2.45. The van der Waals surface area contributed by atoms with Crippen LogP contribution < -0.4 is 20.4 Å². The van der Waals surface area contributed by atoms with Crippen molar-refractivity contribution in [2.75, 3.05) is 74.5 Å². The van der Waals surface area contributed by atoms with Gasteiger partial charge in [0.2, 0.25) is 11.8 Å². The number of aromatic nitrogens is 2. The topological polar surface area (TPSA) is 154 Å². The molecular formula is C40H43N9O5. The summed E-state index contributed by atoms with van der Waals surface area (Å²) in [5.74, 6) is -1.09. The number of imide groups is 2. The van der Waals surface area contributed by atoms with Crippen LogP contribution in [-0.2, 0) is 9.59 Å². The summed E-state index contributed by atoms with van der Waals surface area (Å²) >= 11 is 0. The molecule has 5 aliphatic heterocycles. The summed E-state index contributed by atoms with van der Waals surface area (Å²) in [5.41, 5.74) is 5.33. The van der Waals surface area contributed by atoms with E-state index in [9.17, 15) is 24.0 Å². The van der Waals surface area contributed by atoms with Crippen LogP contribution in [0.25, 0.3) is 10.9 Å². The van der Waals surface area contributed by atoms with Gasteiger partial charge in [-0.05, 0) is 81.4 Å². The molecule has 4 aromatic rings. The van der Waals surface area contributed by atoms with E-state index < -0.39 is 29.7 Å². The average molecular weight is 730 g/mol. The third-order valence-corrected chi connectivity index (χ3v) is 11.8. The van der Waals surface area contributed by atoms with Gasteiger partial charge in [-0.2, -0.15) is 0 Å². The van der Waals surface area contributed by atoms with E-state index in [1.54, 1.807) is 12.1 Å². The maximum Gasteiger partial charge on any atom is 0.262 e. The van der Waals surface area contributed by atoms with Crippen molar-refractivity contribution in [3.05, 3.63) is 83.2 Å². The Balaban J connectivity index is 0.740. The average Bonchev–Trinajstić information content (AvgIpc) is 3.85. The molecule has 0 radical (unpaired) electrons.